The highest BCUT2D eigenvalue weighted by molar-refractivity contribution is 7.90. The zero-order valence-corrected chi connectivity index (χ0v) is 21.7. The van der Waals surface area contributed by atoms with E-state index >= 15 is 0 Å². The van der Waals surface area contributed by atoms with Gasteiger partial charge >= 0.3 is 0 Å². The number of halogens is 1. The first-order chi connectivity index (χ1) is 17.1. The number of nitrogens with two attached hydrogens (primary N) is 1. The molecule has 2 atom stereocenters. The molecule has 1 aromatic carbocycles. The minimum absolute atomic E-state index is 0.0872. The Morgan fingerprint density at radius 2 is 2.00 bits per heavy atom. The van der Waals surface area contributed by atoms with Gasteiger partial charge in [-0.2, -0.15) is 5.10 Å². The average Bonchev–Trinajstić information content (AvgIpc) is 3.26. The molecule has 4 N–H and O–H groups in total. The molecule has 5 rings (SSSR count). The Morgan fingerprint density at radius 3 is 2.67 bits per heavy atom. The van der Waals surface area contributed by atoms with Crippen LogP contribution in [-0.4, -0.2) is 58.3 Å². The molecule has 1 aliphatic rings. The van der Waals surface area contributed by atoms with Crippen molar-refractivity contribution >= 4 is 49.5 Å². The summed E-state index contributed by atoms with van der Waals surface area (Å²) < 4.78 is 23.5. The van der Waals surface area contributed by atoms with Crippen molar-refractivity contribution in [3.8, 4) is 11.4 Å². The summed E-state index contributed by atoms with van der Waals surface area (Å²) in [6.07, 6.45) is 5.93. The van der Waals surface area contributed by atoms with Crippen LogP contribution in [0.2, 0.25) is 5.15 Å². The summed E-state index contributed by atoms with van der Waals surface area (Å²) in [5.41, 5.74) is 9.12. The molecule has 4 aromatic rings. The van der Waals surface area contributed by atoms with Crippen LogP contribution in [0.15, 0.2) is 42.9 Å². The van der Waals surface area contributed by atoms with Gasteiger partial charge in [-0.05, 0) is 35.1 Å². The number of aromatic nitrogens is 5. The molecule has 10 nitrogen and oxygen atoms in total. The van der Waals surface area contributed by atoms with Gasteiger partial charge < -0.3 is 16.0 Å². The van der Waals surface area contributed by atoms with E-state index in [1.807, 2.05) is 23.2 Å². The lowest BCUT2D eigenvalue weighted by Crippen LogP contribution is -2.63. The number of anilines is 3. The molecule has 0 aliphatic carbocycles. The van der Waals surface area contributed by atoms with E-state index in [0.717, 1.165) is 16.5 Å². The first-order valence-corrected chi connectivity index (χ1v) is 14.0. The van der Waals surface area contributed by atoms with E-state index in [1.165, 1.54) is 11.8 Å². The maximum Gasteiger partial charge on any atom is 0.166 e. The summed E-state index contributed by atoms with van der Waals surface area (Å²) in [5, 5.41) is 12.2. The molecule has 1 saturated heterocycles. The Bertz CT molecular complexity index is 1540. The Labute approximate surface area is 214 Å². The van der Waals surface area contributed by atoms with Crippen LogP contribution in [0.5, 0.6) is 0 Å². The molecule has 36 heavy (non-hydrogen) atoms. The molecule has 1 fully saturated rings. The third-order valence-corrected chi connectivity index (χ3v) is 7.70. The summed E-state index contributed by atoms with van der Waals surface area (Å²) in [4.78, 5) is 15.5. The van der Waals surface area contributed by atoms with Crippen LogP contribution in [0.25, 0.3) is 22.2 Å². The highest BCUT2D eigenvalue weighted by Gasteiger charge is 2.39. The molecule has 4 heterocycles. The quantitative estimate of drug-likeness (QED) is 0.328. The zero-order valence-electron chi connectivity index (χ0n) is 20.1. The molecule has 0 bridgehead atoms. The van der Waals surface area contributed by atoms with Crippen molar-refractivity contribution in [3.05, 3.63) is 53.6 Å². The van der Waals surface area contributed by atoms with Crippen molar-refractivity contribution < 1.29 is 8.42 Å². The van der Waals surface area contributed by atoms with Gasteiger partial charge in [-0.15, -0.1) is 0 Å². The molecule has 188 valence electrons. The maximum absolute atomic E-state index is 11.7. The predicted molar refractivity (Wildman–Crippen MR) is 142 cm³/mol. The number of sulfone groups is 1. The Kier molecular flexibility index (Phi) is 6.31. The van der Waals surface area contributed by atoms with Crippen LogP contribution in [0.4, 0.5) is 17.3 Å². The monoisotopic (exact) mass is 526 g/mol. The first-order valence-electron chi connectivity index (χ1n) is 11.5. The first kappa shape index (κ1) is 24.4. The van der Waals surface area contributed by atoms with Crippen LogP contribution >= 0.6 is 11.6 Å². The van der Waals surface area contributed by atoms with Crippen molar-refractivity contribution in [1.29, 1.82) is 0 Å². The summed E-state index contributed by atoms with van der Waals surface area (Å²) in [7, 11) is -3.09. The fraction of sp³-hybridized carbons (Fsp3) is 0.333. The summed E-state index contributed by atoms with van der Waals surface area (Å²) in [6, 6.07) is 7.91. The zero-order chi connectivity index (χ0) is 25.6. The average molecular weight is 527 g/mol. The SMILES string of the molecule is CC(C)c1ccc(N2C[C@H](CS(C)(=O)=O)[C@H]2N)c2cnc(Nc3ccnc(-c4cn[nH]c4Cl)n3)cc12. The van der Waals surface area contributed by atoms with Crippen molar-refractivity contribution in [1.82, 2.24) is 25.1 Å². The molecule has 0 radical (unpaired) electrons. The number of fused-ring (bicyclic) bond motifs is 1. The minimum atomic E-state index is -3.09. The normalized spacial score (nSPS) is 18.0. The predicted octanol–water partition coefficient (Wildman–Crippen LogP) is 3.70. The number of nitrogens with zero attached hydrogens (tertiary/aromatic N) is 5. The highest BCUT2D eigenvalue weighted by Crippen LogP contribution is 2.38. The molecule has 0 unspecified atom stereocenters. The topological polar surface area (TPSA) is 143 Å². The van der Waals surface area contributed by atoms with Crippen molar-refractivity contribution in [2.24, 2.45) is 11.7 Å². The van der Waals surface area contributed by atoms with Crippen LogP contribution < -0.4 is 16.0 Å². The van der Waals surface area contributed by atoms with Gasteiger partial charge in [0.1, 0.15) is 26.6 Å². The lowest BCUT2D eigenvalue weighted by Gasteiger charge is -2.47. The second kappa shape index (κ2) is 9.30. The minimum Gasteiger partial charge on any atom is -0.355 e. The lowest BCUT2D eigenvalue weighted by molar-refractivity contribution is 0.328. The van der Waals surface area contributed by atoms with E-state index in [0.29, 0.717) is 34.7 Å². The number of aromatic amines is 1. The molecule has 0 spiro atoms. The molecular weight excluding hydrogens is 500 g/mol. The Balaban J connectivity index is 1.47. The number of nitrogens with one attached hydrogen (secondary N) is 2. The van der Waals surface area contributed by atoms with E-state index < -0.39 is 9.84 Å². The van der Waals surface area contributed by atoms with Gasteiger partial charge in [-0.1, -0.05) is 31.5 Å². The molecule has 0 amide bonds. The van der Waals surface area contributed by atoms with Gasteiger partial charge in [0.25, 0.3) is 0 Å². The molecule has 3 aromatic heterocycles. The molecule has 1 aliphatic heterocycles. The maximum atomic E-state index is 11.7. The summed E-state index contributed by atoms with van der Waals surface area (Å²) in [5.74, 6) is 1.93. The van der Waals surface area contributed by atoms with E-state index in [4.69, 9.17) is 17.3 Å². The summed E-state index contributed by atoms with van der Waals surface area (Å²) in [6.45, 7) is 4.88. The van der Waals surface area contributed by atoms with Gasteiger partial charge in [0.15, 0.2) is 5.82 Å². The van der Waals surface area contributed by atoms with Crippen LogP contribution in [0.1, 0.15) is 25.3 Å². The van der Waals surface area contributed by atoms with Crippen LogP contribution in [-0.2, 0) is 9.84 Å². The number of hydrogen-bond acceptors (Lipinski definition) is 9. The van der Waals surface area contributed by atoms with E-state index in [1.54, 1.807) is 18.5 Å². The molecule has 0 saturated carbocycles. The smallest absolute Gasteiger partial charge is 0.166 e. The molecule has 12 heteroatoms. The largest absolute Gasteiger partial charge is 0.355 e. The lowest BCUT2D eigenvalue weighted by atomic mass is 9.92. The van der Waals surface area contributed by atoms with Crippen LogP contribution in [0.3, 0.4) is 0 Å². The number of rotatable bonds is 7. The van der Waals surface area contributed by atoms with E-state index in [-0.39, 0.29) is 23.8 Å². The van der Waals surface area contributed by atoms with Crippen molar-refractivity contribution in [2.45, 2.75) is 25.9 Å². The van der Waals surface area contributed by atoms with Gasteiger partial charge in [-0.3, -0.25) is 5.10 Å². The fourth-order valence-corrected chi connectivity index (χ4v) is 5.84. The van der Waals surface area contributed by atoms with Gasteiger partial charge in [-0.25, -0.2) is 23.4 Å². The van der Waals surface area contributed by atoms with E-state index in [9.17, 15) is 8.42 Å². The van der Waals surface area contributed by atoms with Gasteiger partial charge in [0.05, 0.1) is 23.7 Å². The third-order valence-electron chi connectivity index (χ3n) is 6.38. The number of H-pyrrole nitrogens is 1. The van der Waals surface area contributed by atoms with Crippen molar-refractivity contribution in [2.75, 3.05) is 28.8 Å². The van der Waals surface area contributed by atoms with Gasteiger partial charge in [0, 0.05) is 42.2 Å². The van der Waals surface area contributed by atoms with Crippen LogP contribution in [0, 0.1) is 5.92 Å². The highest BCUT2D eigenvalue weighted by atomic mass is 35.5. The summed E-state index contributed by atoms with van der Waals surface area (Å²) >= 11 is 6.13. The Hall–Kier alpha value is -3.28. The number of hydrogen-bond donors (Lipinski definition) is 3. The second-order valence-electron chi connectivity index (χ2n) is 9.43. The standard InChI is InChI=1S/C24H27ClN8O2S/c1-13(2)15-4-5-19(33-11-14(23(33)26)12-36(3,34)35)17-9-28-21(8-16(15)17)30-20-6-7-27-24(31-20)18-10-29-32-22(18)25/h4-10,13-14,23H,11-12,26H2,1-3H3,(H,29,32)(H,27,28,30,31)/t14-,23+/m1/s1. The molecular formula is C24H27ClN8O2S. The van der Waals surface area contributed by atoms with Crippen molar-refractivity contribution in [3.63, 3.8) is 0 Å². The third kappa shape index (κ3) is 4.73. The van der Waals surface area contributed by atoms with Gasteiger partial charge in [0.2, 0.25) is 0 Å². The number of benzene rings is 1. The fourth-order valence-electron chi connectivity index (χ4n) is 4.58. The Morgan fingerprint density at radius 1 is 1.19 bits per heavy atom. The second-order valence-corrected chi connectivity index (χ2v) is 12.0. The van der Waals surface area contributed by atoms with E-state index in [2.05, 4.69) is 50.4 Å². The number of pyridine rings is 1.